The van der Waals surface area contributed by atoms with E-state index in [1.54, 1.807) is 36.4 Å². The molecule has 0 fully saturated rings. The second-order valence-corrected chi connectivity index (χ2v) is 6.40. The first-order valence-electron chi connectivity index (χ1n) is 6.60. The Balaban J connectivity index is 2.85. The first-order chi connectivity index (χ1) is 10.9. The molecule has 23 heavy (non-hydrogen) atoms. The number of aliphatic carboxylic acids is 2. The zero-order valence-corrected chi connectivity index (χ0v) is 15.0. The van der Waals surface area contributed by atoms with Crippen molar-refractivity contribution in [2.45, 2.75) is 6.42 Å². The summed E-state index contributed by atoms with van der Waals surface area (Å²) in [5, 5.41) is 18.6. The van der Waals surface area contributed by atoms with Gasteiger partial charge in [-0.2, -0.15) is 0 Å². The largest absolute Gasteiger partial charge is 0.481 e. The summed E-state index contributed by atoms with van der Waals surface area (Å²) in [6, 6.07) is 14.2. The summed E-state index contributed by atoms with van der Waals surface area (Å²) in [6.07, 6.45) is -0.576. The van der Waals surface area contributed by atoms with E-state index in [-0.39, 0.29) is 5.57 Å². The molecule has 0 aromatic heterocycles. The predicted octanol–water partition coefficient (Wildman–Crippen LogP) is 4.57. The molecule has 6 heteroatoms. The molecule has 2 rings (SSSR count). The molecule has 0 saturated heterocycles. The van der Waals surface area contributed by atoms with Crippen LogP contribution in [0.2, 0.25) is 0 Å². The topological polar surface area (TPSA) is 74.6 Å². The summed E-state index contributed by atoms with van der Waals surface area (Å²) >= 11 is 6.83. The quantitative estimate of drug-likeness (QED) is 0.669. The van der Waals surface area contributed by atoms with Crippen molar-refractivity contribution in [2.75, 3.05) is 0 Å². The highest BCUT2D eigenvalue weighted by molar-refractivity contribution is 9.10. The molecule has 0 amide bonds. The number of halogens is 2. The summed E-state index contributed by atoms with van der Waals surface area (Å²) < 4.78 is 1.38. The Labute approximate surface area is 149 Å². The third-order valence-electron chi connectivity index (χ3n) is 3.17. The number of carbonyl (C=O) groups is 2. The molecule has 0 aliphatic carbocycles. The highest BCUT2D eigenvalue weighted by Crippen LogP contribution is 2.36. The lowest BCUT2D eigenvalue weighted by Gasteiger charge is -2.15. The van der Waals surface area contributed by atoms with Crippen LogP contribution >= 0.6 is 31.9 Å². The average molecular weight is 440 g/mol. The van der Waals surface area contributed by atoms with Crippen molar-refractivity contribution in [1.29, 1.82) is 0 Å². The minimum absolute atomic E-state index is 0.170. The van der Waals surface area contributed by atoms with Gasteiger partial charge in [0.1, 0.15) is 0 Å². The molecule has 118 valence electrons. The zero-order chi connectivity index (χ0) is 17.0. The molecule has 2 N–H and O–H groups in total. The standard InChI is InChI=1S/C17H12Br2O4/c18-13-7-3-1-5-10(13)16(11-6-2-4-8-14(11)19)12(17(22)23)9-15(20)21/h1-8H,9H2,(H,20,21)(H,22,23). The second-order valence-electron chi connectivity index (χ2n) is 4.69. The van der Waals surface area contributed by atoms with Crippen LogP contribution in [0.5, 0.6) is 0 Å². The van der Waals surface area contributed by atoms with Crippen molar-refractivity contribution in [2.24, 2.45) is 0 Å². The molecule has 2 aromatic rings. The maximum atomic E-state index is 11.7. The van der Waals surface area contributed by atoms with Crippen molar-refractivity contribution >= 4 is 49.4 Å². The fourth-order valence-electron chi connectivity index (χ4n) is 2.22. The first-order valence-corrected chi connectivity index (χ1v) is 8.18. The van der Waals surface area contributed by atoms with Crippen LogP contribution in [0.25, 0.3) is 5.57 Å². The summed E-state index contributed by atoms with van der Waals surface area (Å²) in [4.78, 5) is 22.8. The van der Waals surface area contributed by atoms with Gasteiger partial charge in [-0.05, 0) is 23.3 Å². The highest BCUT2D eigenvalue weighted by Gasteiger charge is 2.23. The second kappa shape index (κ2) is 7.57. The summed E-state index contributed by atoms with van der Waals surface area (Å²) in [5.74, 6) is -2.45. The van der Waals surface area contributed by atoms with Gasteiger partial charge in [-0.25, -0.2) is 4.79 Å². The number of benzene rings is 2. The predicted molar refractivity (Wildman–Crippen MR) is 94.2 cm³/mol. The Morgan fingerprint density at radius 2 is 1.26 bits per heavy atom. The van der Waals surface area contributed by atoms with Crippen LogP contribution in [0, 0.1) is 0 Å². The van der Waals surface area contributed by atoms with Gasteiger partial charge in [-0.1, -0.05) is 68.3 Å². The zero-order valence-electron chi connectivity index (χ0n) is 11.8. The Morgan fingerprint density at radius 3 is 1.61 bits per heavy atom. The van der Waals surface area contributed by atoms with E-state index in [0.29, 0.717) is 25.6 Å². The Bertz CT molecular complexity index is 749. The van der Waals surface area contributed by atoms with Crippen molar-refractivity contribution in [3.63, 3.8) is 0 Å². The summed E-state index contributed by atoms with van der Waals surface area (Å²) in [7, 11) is 0. The van der Waals surface area contributed by atoms with E-state index in [1.165, 1.54) is 0 Å². The molecule has 0 bridgehead atoms. The summed E-state index contributed by atoms with van der Waals surface area (Å²) in [6.45, 7) is 0. The molecule has 0 unspecified atom stereocenters. The van der Waals surface area contributed by atoms with Gasteiger partial charge in [0, 0.05) is 14.5 Å². The van der Waals surface area contributed by atoms with E-state index in [0.717, 1.165) is 0 Å². The number of carboxylic acids is 2. The highest BCUT2D eigenvalue weighted by atomic mass is 79.9. The molecule has 0 radical (unpaired) electrons. The first kappa shape index (κ1) is 17.4. The van der Waals surface area contributed by atoms with E-state index in [1.807, 2.05) is 12.1 Å². The SMILES string of the molecule is O=C(O)CC(C(=O)O)=C(c1ccccc1Br)c1ccccc1Br. The lowest BCUT2D eigenvalue weighted by molar-refractivity contribution is -0.139. The van der Waals surface area contributed by atoms with Gasteiger partial charge in [0.2, 0.25) is 0 Å². The maximum Gasteiger partial charge on any atom is 0.332 e. The molecule has 0 atom stereocenters. The van der Waals surface area contributed by atoms with Crippen molar-refractivity contribution in [3.8, 4) is 0 Å². The van der Waals surface area contributed by atoms with E-state index < -0.39 is 18.4 Å². The van der Waals surface area contributed by atoms with Gasteiger partial charge in [0.25, 0.3) is 0 Å². The molecular formula is C17H12Br2O4. The molecule has 2 aromatic carbocycles. The molecular weight excluding hydrogens is 428 g/mol. The van der Waals surface area contributed by atoms with Crippen LogP contribution in [0.1, 0.15) is 17.5 Å². The van der Waals surface area contributed by atoms with Gasteiger partial charge < -0.3 is 10.2 Å². The third-order valence-corrected chi connectivity index (χ3v) is 4.56. The normalized spacial score (nSPS) is 10.2. The van der Waals surface area contributed by atoms with Crippen LogP contribution in [-0.2, 0) is 9.59 Å². The number of hydrogen-bond acceptors (Lipinski definition) is 2. The maximum absolute atomic E-state index is 11.7. The Hall–Kier alpha value is -1.92. The van der Waals surface area contributed by atoms with Gasteiger partial charge >= 0.3 is 11.9 Å². The van der Waals surface area contributed by atoms with Gasteiger partial charge in [-0.15, -0.1) is 0 Å². The lowest BCUT2D eigenvalue weighted by Crippen LogP contribution is -2.11. The fraction of sp³-hybridized carbons (Fsp3) is 0.0588. The van der Waals surface area contributed by atoms with Crippen LogP contribution in [-0.4, -0.2) is 22.2 Å². The van der Waals surface area contributed by atoms with Crippen molar-refractivity contribution in [3.05, 3.63) is 74.2 Å². The molecule has 0 saturated carbocycles. The van der Waals surface area contributed by atoms with E-state index in [9.17, 15) is 14.7 Å². The lowest BCUT2D eigenvalue weighted by atomic mass is 9.91. The van der Waals surface area contributed by atoms with Crippen LogP contribution < -0.4 is 0 Å². The summed E-state index contributed by atoms with van der Waals surface area (Å²) in [5.41, 5.74) is 1.45. The van der Waals surface area contributed by atoms with Crippen LogP contribution in [0.4, 0.5) is 0 Å². The van der Waals surface area contributed by atoms with Gasteiger partial charge in [0.15, 0.2) is 0 Å². The number of carboxylic acid groups (broad SMARTS) is 2. The third kappa shape index (κ3) is 4.09. The monoisotopic (exact) mass is 438 g/mol. The number of hydrogen-bond donors (Lipinski definition) is 2. The minimum atomic E-state index is -1.26. The van der Waals surface area contributed by atoms with Crippen molar-refractivity contribution < 1.29 is 19.8 Å². The number of rotatable bonds is 5. The van der Waals surface area contributed by atoms with E-state index in [2.05, 4.69) is 31.9 Å². The smallest absolute Gasteiger partial charge is 0.332 e. The molecule has 0 heterocycles. The van der Waals surface area contributed by atoms with Gasteiger partial charge in [-0.3, -0.25) is 4.79 Å². The Morgan fingerprint density at radius 1 is 0.826 bits per heavy atom. The molecule has 0 aliphatic heterocycles. The molecule has 4 nitrogen and oxygen atoms in total. The molecule has 0 aliphatic rings. The van der Waals surface area contributed by atoms with Crippen molar-refractivity contribution in [1.82, 2.24) is 0 Å². The van der Waals surface area contributed by atoms with Crippen LogP contribution in [0.15, 0.2) is 63.0 Å². The average Bonchev–Trinajstić information content (AvgIpc) is 2.49. The minimum Gasteiger partial charge on any atom is -0.481 e. The fourth-order valence-corrected chi connectivity index (χ4v) is 3.19. The van der Waals surface area contributed by atoms with Crippen LogP contribution in [0.3, 0.4) is 0 Å². The van der Waals surface area contributed by atoms with E-state index in [4.69, 9.17) is 5.11 Å². The van der Waals surface area contributed by atoms with E-state index >= 15 is 0 Å². The molecule has 0 spiro atoms. The van der Waals surface area contributed by atoms with Gasteiger partial charge in [0.05, 0.1) is 12.0 Å². The Kier molecular flexibility index (Phi) is 5.74.